The lowest BCUT2D eigenvalue weighted by Gasteiger charge is -2.08. The predicted octanol–water partition coefficient (Wildman–Crippen LogP) is 0.651. The number of nitrogens with one attached hydrogen (secondary N) is 1. The van der Waals surface area contributed by atoms with Gasteiger partial charge in [-0.3, -0.25) is 0 Å². The average molecular weight is 261 g/mol. The summed E-state index contributed by atoms with van der Waals surface area (Å²) in [6.45, 7) is 0.617. The molecule has 2 rings (SSSR count). The first-order valence-electron chi connectivity index (χ1n) is 5.80. The summed E-state index contributed by atoms with van der Waals surface area (Å²) >= 11 is 0. The first-order valence-corrected chi connectivity index (χ1v) is 5.80. The van der Waals surface area contributed by atoms with Gasteiger partial charge in [0.05, 0.1) is 7.11 Å². The standard InChI is InChI=1S/C12H15N5O2/c1-17-6-5-14-10(17)3-4-15-11-9(12(18)19-2)7-13-8-16-11/h5-8H,3-4H2,1-2H3,(H,13,15,16). The summed E-state index contributed by atoms with van der Waals surface area (Å²) in [5.41, 5.74) is 0.324. The molecule has 7 heteroatoms. The Kier molecular flexibility index (Phi) is 4.07. The lowest BCUT2D eigenvalue weighted by Crippen LogP contribution is -2.14. The number of hydrogen-bond acceptors (Lipinski definition) is 6. The molecular formula is C12H15N5O2. The lowest BCUT2D eigenvalue weighted by molar-refractivity contribution is 0.0601. The number of carbonyl (C=O) groups excluding carboxylic acids is 1. The molecule has 0 aliphatic carbocycles. The summed E-state index contributed by atoms with van der Waals surface area (Å²) in [5, 5.41) is 3.09. The van der Waals surface area contributed by atoms with Gasteiger partial charge < -0.3 is 14.6 Å². The van der Waals surface area contributed by atoms with Crippen molar-refractivity contribution >= 4 is 11.8 Å². The molecule has 2 aromatic rings. The molecule has 0 radical (unpaired) electrons. The zero-order valence-corrected chi connectivity index (χ0v) is 10.8. The smallest absolute Gasteiger partial charge is 0.343 e. The van der Waals surface area contributed by atoms with Crippen LogP contribution in [0.15, 0.2) is 24.9 Å². The molecule has 2 aromatic heterocycles. The van der Waals surface area contributed by atoms with Crippen LogP contribution in [0, 0.1) is 0 Å². The summed E-state index contributed by atoms with van der Waals surface area (Å²) in [4.78, 5) is 23.6. The fourth-order valence-corrected chi connectivity index (χ4v) is 1.66. The Bertz CT molecular complexity index is 567. The van der Waals surface area contributed by atoms with Crippen molar-refractivity contribution in [3.05, 3.63) is 36.3 Å². The molecule has 0 spiro atoms. The second kappa shape index (κ2) is 5.94. The molecule has 0 saturated heterocycles. The molecule has 1 N–H and O–H groups in total. The number of aryl methyl sites for hydroxylation is 1. The first-order chi connectivity index (χ1) is 9.22. The van der Waals surface area contributed by atoms with Gasteiger partial charge in [0.15, 0.2) is 0 Å². The van der Waals surface area contributed by atoms with Gasteiger partial charge in [-0.2, -0.15) is 0 Å². The molecule has 0 bridgehead atoms. The fourth-order valence-electron chi connectivity index (χ4n) is 1.66. The normalized spacial score (nSPS) is 10.2. The van der Waals surface area contributed by atoms with Crippen molar-refractivity contribution in [1.29, 1.82) is 0 Å². The Balaban J connectivity index is 2.00. The van der Waals surface area contributed by atoms with Gasteiger partial charge in [-0.25, -0.2) is 19.7 Å². The topological polar surface area (TPSA) is 81.9 Å². The number of rotatable bonds is 5. The number of hydrogen-bond donors (Lipinski definition) is 1. The largest absolute Gasteiger partial charge is 0.465 e. The predicted molar refractivity (Wildman–Crippen MR) is 68.8 cm³/mol. The van der Waals surface area contributed by atoms with Crippen LogP contribution in [0.3, 0.4) is 0 Å². The van der Waals surface area contributed by atoms with Crippen molar-refractivity contribution in [2.75, 3.05) is 19.0 Å². The maximum absolute atomic E-state index is 11.5. The summed E-state index contributed by atoms with van der Waals surface area (Å²) in [6.07, 6.45) is 7.19. The number of aromatic nitrogens is 4. The zero-order valence-electron chi connectivity index (χ0n) is 10.8. The maximum atomic E-state index is 11.5. The van der Waals surface area contributed by atoms with Gasteiger partial charge >= 0.3 is 5.97 Å². The Morgan fingerprint density at radius 3 is 3.00 bits per heavy atom. The van der Waals surface area contributed by atoms with Gasteiger partial charge in [0, 0.05) is 38.6 Å². The molecule has 0 fully saturated rings. The Labute approximate surface area is 110 Å². The first kappa shape index (κ1) is 13.0. The van der Waals surface area contributed by atoms with Crippen LogP contribution in [0.4, 0.5) is 5.82 Å². The van der Waals surface area contributed by atoms with E-state index >= 15 is 0 Å². The minimum absolute atomic E-state index is 0.324. The summed E-state index contributed by atoms with van der Waals surface area (Å²) in [5.74, 6) is 0.970. The van der Waals surface area contributed by atoms with Gasteiger partial charge in [-0.05, 0) is 0 Å². The van der Waals surface area contributed by atoms with E-state index < -0.39 is 5.97 Å². The highest BCUT2D eigenvalue weighted by molar-refractivity contribution is 5.94. The highest BCUT2D eigenvalue weighted by Gasteiger charge is 2.12. The molecule has 100 valence electrons. The van der Waals surface area contributed by atoms with Crippen LogP contribution in [0.2, 0.25) is 0 Å². The van der Waals surface area contributed by atoms with Crippen LogP contribution in [0.25, 0.3) is 0 Å². The Hall–Kier alpha value is -2.44. The third-order valence-corrected chi connectivity index (χ3v) is 2.68. The molecule has 0 aliphatic rings. The number of esters is 1. The van der Waals surface area contributed by atoms with Gasteiger partial charge in [0.2, 0.25) is 0 Å². The molecule has 0 aromatic carbocycles. The molecule has 2 heterocycles. The van der Waals surface area contributed by atoms with Crippen molar-refractivity contribution in [2.24, 2.45) is 7.05 Å². The van der Waals surface area contributed by atoms with Crippen LogP contribution in [-0.4, -0.2) is 39.1 Å². The lowest BCUT2D eigenvalue weighted by atomic mass is 10.3. The second-order valence-corrected chi connectivity index (χ2v) is 3.91. The number of nitrogens with zero attached hydrogens (tertiary/aromatic N) is 4. The molecule has 0 unspecified atom stereocenters. The third-order valence-electron chi connectivity index (χ3n) is 2.68. The molecule has 0 saturated carbocycles. The summed E-state index contributed by atoms with van der Waals surface area (Å²) in [7, 11) is 3.26. The monoisotopic (exact) mass is 261 g/mol. The van der Waals surface area contributed by atoms with Gasteiger partial charge in [-0.15, -0.1) is 0 Å². The number of anilines is 1. The van der Waals surface area contributed by atoms with Gasteiger partial charge in [0.25, 0.3) is 0 Å². The van der Waals surface area contributed by atoms with Crippen LogP contribution in [0.5, 0.6) is 0 Å². The number of methoxy groups -OCH3 is 1. The molecule has 0 atom stereocenters. The van der Waals surface area contributed by atoms with E-state index in [4.69, 9.17) is 0 Å². The zero-order chi connectivity index (χ0) is 13.7. The van der Waals surface area contributed by atoms with E-state index in [1.807, 2.05) is 17.8 Å². The minimum Gasteiger partial charge on any atom is -0.465 e. The molecule has 0 amide bonds. The van der Waals surface area contributed by atoms with Gasteiger partial charge in [0.1, 0.15) is 23.5 Å². The minimum atomic E-state index is -0.458. The van der Waals surface area contributed by atoms with Crippen LogP contribution < -0.4 is 5.32 Å². The van der Waals surface area contributed by atoms with E-state index in [1.54, 1.807) is 6.20 Å². The molecule has 0 aliphatic heterocycles. The Morgan fingerprint density at radius 1 is 1.47 bits per heavy atom. The summed E-state index contributed by atoms with van der Waals surface area (Å²) in [6, 6.07) is 0. The maximum Gasteiger partial charge on any atom is 0.343 e. The van der Waals surface area contributed by atoms with Crippen molar-refractivity contribution in [3.8, 4) is 0 Å². The number of ether oxygens (including phenoxy) is 1. The van der Waals surface area contributed by atoms with Gasteiger partial charge in [-0.1, -0.05) is 0 Å². The van der Waals surface area contributed by atoms with Crippen molar-refractivity contribution < 1.29 is 9.53 Å². The van der Waals surface area contributed by atoms with E-state index in [2.05, 4.69) is 25.0 Å². The van der Waals surface area contributed by atoms with Crippen LogP contribution >= 0.6 is 0 Å². The van der Waals surface area contributed by atoms with Crippen LogP contribution in [-0.2, 0) is 18.2 Å². The Morgan fingerprint density at radius 2 is 2.32 bits per heavy atom. The number of imidazole rings is 1. The second-order valence-electron chi connectivity index (χ2n) is 3.91. The highest BCUT2D eigenvalue weighted by atomic mass is 16.5. The van der Waals surface area contributed by atoms with E-state index in [0.717, 1.165) is 12.2 Å². The molecule has 7 nitrogen and oxygen atoms in total. The van der Waals surface area contributed by atoms with E-state index in [0.29, 0.717) is 17.9 Å². The van der Waals surface area contributed by atoms with E-state index in [9.17, 15) is 4.79 Å². The van der Waals surface area contributed by atoms with Crippen molar-refractivity contribution in [3.63, 3.8) is 0 Å². The quantitative estimate of drug-likeness (QED) is 0.796. The SMILES string of the molecule is COC(=O)c1cncnc1NCCc1nccn1C. The summed E-state index contributed by atoms with van der Waals surface area (Å²) < 4.78 is 6.62. The average Bonchev–Trinajstić information content (AvgIpc) is 2.84. The van der Waals surface area contributed by atoms with Crippen LogP contribution in [0.1, 0.15) is 16.2 Å². The highest BCUT2D eigenvalue weighted by Crippen LogP contribution is 2.11. The van der Waals surface area contributed by atoms with Crippen molar-refractivity contribution in [1.82, 2.24) is 19.5 Å². The third kappa shape index (κ3) is 3.06. The number of carbonyl (C=O) groups is 1. The van der Waals surface area contributed by atoms with E-state index in [1.165, 1.54) is 19.6 Å². The molecular weight excluding hydrogens is 246 g/mol. The molecule has 19 heavy (non-hydrogen) atoms. The fraction of sp³-hybridized carbons (Fsp3) is 0.333. The van der Waals surface area contributed by atoms with Crippen molar-refractivity contribution in [2.45, 2.75) is 6.42 Å². The van der Waals surface area contributed by atoms with E-state index in [-0.39, 0.29) is 0 Å².